The Bertz CT molecular complexity index is 1440. The fourth-order valence-corrected chi connectivity index (χ4v) is 3.71. The molecule has 0 atom stereocenters. The SMILES string of the molecule is Cc1ccc(-c2cc(=O)n(-c3c(F)c(F)c(C(F)(F)F)c(F)c3F)c3cc(C)ccc23)cc1. The smallest absolute Gasteiger partial charge is 0.271 e. The number of halogens is 7. The summed E-state index contributed by atoms with van der Waals surface area (Å²) in [5, 5.41) is 0.295. The highest BCUT2D eigenvalue weighted by Gasteiger charge is 2.43. The van der Waals surface area contributed by atoms with Crippen LogP contribution in [0.4, 0.5) is 30.7 Å². The molecule has 0 amide bonds. The van der Waals surface area contributed by atoms with Crippen LogP contribution in [0.2, 0.25) is 0 Å². The van der Waals surface area contributed by atoms with Crippen LogP contribution in [0, 0.1) is 37.1 Å². The largest absolute Gasteiger partial charge is 0.422 e. The van der Waals surface area contributed by atoms with Crippen molar-refractivity contribution < 1.29 is 30.7 Å². The molecule has 3 aromatic carbocycles. The Kier molecular flexibility index (Phi) is 5.30. The molecule has 0 aliphatic carbocycles. The summed E-state index contributed by atoms with van der Waals surface area (Å²) in [4.78, 5) is 13.0. The highest BCUT2D eigenvalue weighted by Crippen LogP contribution is 2.39. The lowest BCUT2D eigenvalue weighted by molar-refractivity contribution is -0.143. The van der Waals surface area contributed by atoms with Crippen molar-refractivity contribution in [2.24, 2.45) is 0 Å². The second kappa shape index (κ2) is 7.75. The summed E-state index contributed by atoms with van der Waals surface area (Å²) < 4.78 is 97.3. The van der Waals surface area contributed by atoms with Crippen LogP contribution >= 0.6 is 0 Å². The van der Waals surface area contributed by atoms with Gasteiger partial charge < -0.3 is 0 Å². The van der Waals surface area contributed by atoms with Gasteiger partial charge >= 0.3 is 6.18 Å². The summed E-state index contributed by atoms with van der Waals surface area (Å²) in [6.45, 7) is 3.45. The van der Waals surface area contributed by atoms with Crippen LogP contribution in [0.1, 0.15) is 16.7 Å². The van der Waals surface area contributed by atoms with Gasteiger partial charge in [-0.1, -0.05) is 42.0 Å². The maximum atomic E-state index is 14.8. The van der Waals surface area contributed by atoms with Crippen LogP contribution < -0.4 is 5.56 Å². The van der Waals surface area contributed by atoms with Gasteiger partial charge in [-0.3, -0.25) is 9.36 Å². The lowest BCUT2D eigenvalue weighted by Crippen LogP contribution is -2.24. The highest BCUT2D eigenvalue weighted by molar-refractivity contribution is 5.95. The molecule has 1 heterocycles. The topological polar surface area (TPSA) is 22.0 Å². The average Bonchev–Trinajstić information content (AvgIpc) is 2.73. The maximum absolute atomic E-state index is 14.8. The molecular weight excluding hydrogens is 451 g/mol. The van der Waals surface area contributed by atoms with E-state index in [2.05, 4.69) is 0 Å². The normalized spacial score (nSPS) is 11.9. The van der Waals surface area contributed by atoms with E-state index in [-0.39, 0.29) is 5.52 Å². The average molecular weight is 465 g/mol. The third-order valence-electron chi connectivity index (χ3n) is 5.28. The molecule has 0 fully saturated rings. The van der Waals surface area contributed by atoms with E-state index in [1.165, 1.54) is 6.07 Å². The zero-order chi connectivity index (χ0) is 24.2. The van der Waals surface area contributed by atoms with Crippen LogP contribution in [0.25, 0.3) is 27.7 Å². The predicted molar refractivity (Wildman–Crippen MR) is 109 cm³/mol. The van der Waals surface area contributed by atoms with E-state index in [9.17, 15) is 35.5 Å². The zero-order valence-electron chi connectivity index (χ0n) is 17.1. The first-order valence-corrected chi connectivity index (χ1v) is 9.58. The molecule has 4 aromatic rings. The van der Waals surface area contributed by atoms with Gasteiger partial charge in [0, 0.05) is 11.5 Å². The van der Waals surface area contributed by atoms with E-state index in [1.54, 1.807) is 43.3 Å². The lowest BCUT2D eigenvalue weighted by atomic mass is 9.98. The summed E-state index contributed by atoms with van der Waals surface area (Å²) >= 11 is 0. The van der Waals surface area contributed by atoms with Gasteiger partial charge in [0.2, 0.25) is 0 Å². The van der Waals surface area contributed by atoms with Crippen molar-refractivity contribution in [2.45, 2.75) is 20.0 Å². The van der Waals surface area contributed by atoms with Crippen molar-refractivity contribution in [1.82, 2.24) is 4.57 Å². The number of pyridine rings is 1. The van der Waals surface area contributed by atoms with Crippen LogP contribution in [-0.4, -0.2) is 4.57 Å². The van der Waals surface area contributed by atoms with E-state index in [4.69, 9.17) is 0 Å². The lowest BCUT2D eigenvalue weighted by Gasteiger charge is -2.18. The highest BCUT2D eigenvalue weighted by atomic mass is 19.4. The Labute approximate surface area is 182 Å². The summed E-state index contributed by atoms with van der Waals surface area (Å²) in [6.07, 6.45) is -5.69. The second-order valence-electron chi connectivity index (χ2n) is 7.60. The van der Waals surface area contributed by atoms with Crippen molar-refractivity contribution >= 4 is 10.9 Å². The van der Waals surface area contributed by atoms with Gasteiger partial charge in [0.1, 0.15) is 11.3 Å². The first-order chi connectivity index (χ1) is 15.4. The molecular formula is C24H14F7NO. The van der Waals surface area contributed by atoms with Crippen molar-refractivity contribution in [2.75, 3.05) is 0 Å². The summed E-state index contributed by atoms with van der Waals surface area (Å²) in [6, 6.07) is 12.5. The molecule has 0 bridgehead atoms. The third kappa shape index (κ3) is 3.67. The molecule has 1 aromatic heterocycles. The zero-order valence-corrected chi connectivity index (χ0v) is 17.1. The Morgan fingerprint density at radius 2 is 1.27 bits per heavy atom. The van der Waals surface area contributed by atoms with Crippen LogP contribution in [0.3, 0.4) is 0 Å². The third-order valence-corrected chi connectivity index (χ3v) is 5.28. The molecule has 9 heteroatoms. The number of alkyl halides is 3. The van der Waals surface area contributed by atoms with Crippen molar-refractivity contribution in [3.05, 3.63) is 98.8 Å². The molecule has 4 rings (SSSR count). The minimum Gasteiger partial charge on any atom is -0.271 e. The van der Waals surface area contributed by atoms with Crippen molar-refractivity contribution in [3.8, 4) is 16.8 Å². The first kappa shape index (κ1) is 22.6. The number of fused-ring (bicyclic) bond motifs is 1. The number of aromatic nitrogens is 1. The van der Waals surface area contributed by atoms with Crippen LogP contribution in [0.5, 0.6) is 0 Å². The van der Waals surface area contributed by atoms with E-state index in [0.717, 1.165) is 11.6 Å². The minimum atomic E-state index is -5.69. The maximum Gasteiger partial charge on any atom is 0.422 e. The van der Waals surface area contributed by atoms with E-state index in [0.29, 0.717) is 26.6 Å². The Morgan fingerprint density at radius 1 is 0.727 bits per heavy atom. The summed E-state index contributed by atoms with van der Waals surface area (Å²) in [5.74, 6) is -9.91. The standard InChI is InChI=1S/C24H14F7NO/c1-11-3-6-13(7-4-11)15-10-17(33)32(16-9-12(2)5-8-14(15)16)23-21(27)19(25)18(24(29,30)31)20(26)22(23)28/h3-10H,1-2H3. The van der Waals surface area contributed by atoms with E-state index in [1.807, 2.05) is 6.92 Å². The van der Waals surface area contributed by atoms with Gasteiger partial charge in [0.05, 0.1) is 5.52 Å². The van der Waals surface area contributed by atoms with Crippen LogP contribution in [0.15, 0.2) is 53.3 Å². The fraction of sp³-hybridized carbons (Fsp3) is 0.125. The molecule has 0 radical (unpaired) electrons. The predicted octanol–water partition coefficient (Wildman–Crippen LogP) is 6.85. The molecule has 0 unspecified atom stereocenters. The fourth-order valence-electron chi connectivity index (χ4n) is 3.71. The Hall–Kier alpha value is -3.62. The number of rotatable bonds is 2. The Morgan fingerprint density at radius 3 is 1.82 bits per heavy atom. The van der Waals surface area contributed by atoms with Crippen molar-refractivity contribution in [1.29, 1.82) is 0 Å². The molecule has 0 aliphatic rings. The van der Waals surface area contributed by atoms with Gasteiger partial charge in [0.25, 0.3) is 5.56 Å². The summed E-state index contributed by atoms with van der Waals surface area (Å²) in [7, 11) is 0. The number of nitrogens with zero attached hydrogens (tertiary/aromatic N) is 1. The number of benzene rings is 3. The number of aryl methyl sites for hydroxylation is 2. The monoisotopic (exact) mass is 465 g/mol. The van der Waals surface area contributed by atoms with Crippen molar-refractivity contribution in [3.63, 3.8) is 0 Å². The van der Waals surface area contributed by atoms with Gasteiger partial charge in [0.15, 0.2) is 23.3 Å². The molecule has 0 spiro atoms. The first-order valence-electron chi connectivity index (χ1n) is 9.58. The number of hydrogen-bond acceptors (Lipinski definition) is 1. The van der Waals surface area contributed by atoms with Gasteiger partial charge in [-0.25, -0.2) is 17.6 Å². The van der Waals surface area contributed by atoms with E-state index < -0.39 is 46.3 Å². The minimum absolute atomic E-state index is 0.130. The molecule has 0 aliphatic heterocycles. The molecule has 0 saturated heterocycles. The van der Waals surface area contributed by atoms with Gasteiger partial charge in [-0.05, 0) is 36.6 Å². The Balaban J connectivity index is 2.14. The quantitative estimate of drug-likeness (QED) is 0.234. The van der Waals surface area contributed by atoms with Crippen LogP contribution in [-0.2, 0) is 6.18 Å². The molecule has 33 heavy (non-hydrogen) atoms. The van der Waals surface area contributed by atoms with E-state index >= 15 is 0 Å². The molecule has 2 nitrogen and oxygen atoms in total. The summed E-state index contributed by atoms with van der Waals surface area (Å²) in [5.41, 5.74) is -3.04. The molecule has 0 saturated carbocycles. The number of hydrogen-bond donors (Lipinski definition) is 0. The van der Waals surface area contributed by atoms with Gasteiger partial charge in [-0.2, -0.15) is 13.2 Å². The van der Waals surface area contributed by atoms with Gasteiger partial charge in [-0.15, -0.1) is 0 Å². The second-order valence-corrected chi connectivity index (χ2v) is 7.60. The molecule has 0 N–H and O–H groups in total. The molecule has 170 valence electrons.